The molecule has 2 N–H and O–H groups in total. The lowest BCUT2D eigenvalue weighted by atomic mass is 9.82. The van der Waals surface area contributed by atoms with Gasteiger partial charge in [-0.1, -0.05) is 13.8 Å². The number of nitrogens with two attached hydrogens (primary N) is 1. The highest BCUT2D eigenvalue weighted by Gasteiger charge is 2.27. The molecule has 0 atom stereocenters. The summed E-state index contributed by atoms with van der Waals surface area (Å²) in [5.74, 6) is -0.327. The number of nitrogen functional groups attached to an aromatic ring is 1. The summed E-state index contributed by atoms with van der Waals surface area (Å²) in [6.45, 7) is 6.49. The molecule has 1 saturated heterocycles. The summed E-state index contributed by atoms with van der Waals surface area (Å²) in [6, 6.07) is 5.45. The Balaban J connectivity index is 2.27. The van der Waals surface area contributed by atoms with Crippen molar-refractivity contribution in [3.05, 3.63) is 23.8 Å². The van der Waals surface area contributed by atoms with Gasteiger partial charge in [0.05, 0.1) is 18.4 Å². The fourth-order valence-corrected chi connectivity index (χ4v) is 2.46. The highest BCUT2D eigenvalue weighted by Crippen LogP contribution is 2.34. The van der Waals surface area contributed by atoms with Crippen molar-refractivity contribution >= 4 is 17.3 Å². The van der Waals surface area contributed by atoms with Gasteiger partial charge in [-0.05, 0) is 36.5 Å². The summed E-state index contributed by atoms with van der Waals surface area (Å²) in [4.78, 5) is 14.1. The van der Waals surface area contributed by atoms with Crippen molar-refractivity contribution in [3.8, 4) is 0 Å². The molecule has 0 saturated carbocycles. The van der Waals surface area contributed by atoms with Crippen LogP contribution in [0.4, 0.5) is 11.4 Å². The summed E-state index contributed by atoms with van der Waals surface area (Å²) >= 11 is 0. The van der Waals surface area contributed by atoms with Crippen LogP contribution in [0.2, 0.25) is 0 Å². The summed E-state index contributed by atoms with van der Waals surface area (Å²) in [7, 11) is 1.40. The average molecular weight is 262 g/mol. The second-order valence-corrected chi connectivity index (χ2v) is 5.92. The number of rotatable bonds is 2. The van der Waals surface area contributed by atoms with Crippen LogP contribution in [0.3, 0.4) is 0 Å². The standard InChI is InChI=1S/C15H22N2O2/c1-15(2)6-8-17(9-7-15)13-5-4-11(16)10-12(13)14(18)19-3/h4-5,10H,6-9,16H2,1-3H3. The van der Waals surface area contributed by atoms with E-state index in [-0.39, 0.29) is 5.97 Å². The number of piperidine rings is 1. The Morgan fingerprint density at radius 3 is 2.53 bits per heavy atom. The molecule has 0 aromatic heterocycles. The molecule has 0 amide bonds. The van der Waals surface area contributed by atoms with Crippen molar-refractivity contribution in [2.75, 3.05) is 30.8 Å². The van der Waals surface area contributed by atoms with E-state index in [2.05, 4.69) is 18.7 Å². The van der Waals surface area contributed by atoms with Crippen LogP contribution in [-0.2, 0) is 4.74 Å². The molecule has 0 aliphatic carbocycles. The Morgan fingerprint density at radius 2 is 1.95 bits per heavy atom. The predicted octanol–water partition coefficient (Wildman–Crippen LogP) is 2.68. The topological polar surface area (TPSA) is 55.6 Å². The maximum absolute atomic E-state index is 11.9. The van der Waals surface area contributed by atoms with Gasteiger partial charge in [-0.15, -0.1) is 0 Å². The van der Waals surface area contributed by atoms with Gasteiger partial charge in [-0.3, -0.25) is 0 Å². The van der Waals surface area contributed by atoms with Crippen LogP contribution in [0.1, 0.15) is 37.0 Å². The third-order valence-corrected chi connectivity index (χ3v) is 3.88. The van der Waals surface area contributed by atoms with Crippen LogP contribution in [0, 0.1) is 5.41 Å². The number of carbonyl (C=O) groups is 1. The molecule has 4 heteroatoms. The Morgan fingerprint density at radius 1 is 1.32 bits per heavy atom. The third kappa shape index (κ3) is 3.00. The maximum Gasteiger partial charge on any atom is 0.340 e. The zero-order valence-corrected chi connectivity index (χ0v) is 11.9. The fraction of sp³-hybridized carbons (Fsp3) is 0.533. The van der Waals surface area contributed by atoms with Gasteiger partial charge in [0.2, 0.25) is 0 Å². The number of ether oxygens (including phenoxy) is 1. The second-order valence-electron chi connectivity index (χ2n) is 5.92. The van der Waals surface area contributed by atoms with Gasteiger partial charge < -0.3 is 15.4 Å². The van der Waals surface area contributed by atoms with Gasteiger partial charge >= 0.3 is 5.97 Å². The molecule has 0 radical (unpaired) electrons. The van der Waals surface area contributed by atoms with E-state index >= 15 is 0 Å². The molecule has 0 bridgehead atoms. The lowest BCUT2D eigenvalue weighted by Crippen LogP contribution is -2.38. The van der Waals surface area contributed by atoms with Crippen molar-refractivity contribution < 1.29 is 9.53 Å². The van der Waals surface area contributed by atoms with Crippen LogP contribution >= 0.6 is 0 Å². The van der Waals surface area contributed by atoms with Crippen molar-refractivity contribution in [3.63, 3.8) is 0 Å². The molecule has 1 aliphatic heterocycles. The smallest absolute Gasteiger partial charge is 0.340 e. The largest absolute Gasteiger partial charge is 0.465 e. The number of esters is 1. The van der Waals surface area contributed by atoms with E-state index < -0.39 is 0 Å². The zero-order valence-electron chi connectivity index (χ0n) is 11.9. The van der Waals surface area contributed by atoms with E-state index in [1.165, 1.54) is 7.11 Å². The summed E-state index contributed by atoms with van der Waals surface area (Å²) in [5.41, 5.74) is 8.22. The van der Waals surface area contributed by atoms with Crippen molar-refractivity contribution in [2.45, 2.75) is 26.7 Å². The molecule has 19 heavy (non-hydrogen) atoms. The van der Waals surface area contributed by atoms with Crippen LogP contribution < -0.4 is 10.6 Å². The molecular weight excluding hydrogens is 240 g/mol. The number of methoxy groups -OCH3 is 1. The molecule has 2 rings (SSSR count). The van der Waals surface area contributed by atoms with E-state index in [0.29, 0.717) is 16.7 Å². The van der Waals surface area contributed by atoms with Crippen molar-refractivity contribution in [1.82, 2.24) is 0 Å². The number of nitrogens with zero attached hydrogens (tertiary/aromatic N) is 1. The van der Waals surface area contributed by atoms with E-state index in [1.807, 2.05) is 12.1 Å². The van der Waals surface area contributed by atoms with Gasteiger partial charge in [0.25, 0.3) is 0 Å². The van der Waals surface area contributed by atoms with Crippen molar-refractivity contribution in [1.29, 1.82) is 0 Å². The molecule has 1 aromatic carbocycles. The first-order chi connectivity index (χ1) is 8.93. The van der Waals surface area contributed by atoms with E-state index in [9.17, 15) is 4.79 Å². The van der Waals surface area contributed by atoms with Crippen LogP contribution in [0.5, 0.6) is 0 Å². The lowest BCUT2D eigenvalue weighted by molar-refractivity contribution is 0.0601. The van der Waals surface area contributed by atoms with E-state index in [4.69, 9.17) is 10.5 Å². The fourth-order valence-electron chi connectivity index (χ4n) is 2.46. The van der Waals surface area contributed by atoms with Gasteiger partial charge in [0.15, 0.2) is 0 Å². The summed E-state index contributed by atoms with van der Waals surface area (Å²) in [5, 5.41) is 0. The van der Waals surface area contributed by atoms with Gasteiger partial charge in [-0.2, -0.15) is 0 Å². The minimum atomic E-state index is -0.327. The van der Waals surface area contributed by atoms with Crippen LogP contribution in [-0.4, -0.2) is 26.2 Å². The minimum Gasteiger partial charge on any atom is -0.465 e. The first kappa shape index (κ1) is 13.7. The average Bonchev–Trinajstić information content (AvgIpc) is 2.38. The minimum absolute atomic E-state index is 0.327. The predicted molar refractivity (Wildman–Crippen MR) is 77.4 cm³/mol. The third-order valence-electron chi connectivity index (χ3n) is 3.88. The highest BCUT2D eigenvalue weighted by molar-refractivity contribution is 5.97. The molecule has 4 nitrogen and oxygen atoms in total. The number of anilines is 2. The van der Waals surface area contributed by atoms with Gasteiger partial charge in [-0.25, -0.2) is 4.79 Å². The molecule has 1 aliphatic rings. The maximum atomic E-state index is 11.9. The molecule has 0 unspecified atom stereocenters. The first-order valence-electron chi connectivity index (χ1n) is 6.66. The van der Waals surface area contributed by atoms with Gasteiger partial charge in [0, 0.05) is 18.8 Å². The van der Waals surface area contributed by atoms with Gasteiger partial charge in [0.1, 0.15) is 0 Å². The lowest BCUT2D eigenvalue weighted by Gasteiger charge is -2.38. The molecule has 1 fully saturated rings. The monoisotopic (exact) mass is 262 g/mol. The normalized spacial score (nSPS) is 18.2. The first-order valence-corrected chi connectivity index (χ1v) is 6.66. The molecule has 1 aromatic rings. The highest BCUT2D eigenvalue weighted by atomic mass is 16.5. The second kappa shape index (κ2) is 5.11. The molecular formula is C15H22N2O2. The van der Waals surface area contributed by atoms with Crippen molar-refractivity contribution in [2.24, 2.45) is 5.41 Å². The van der Waals surface area contributed by atoms with E-state index in [1.54, 1.807) is 6.07 Å². The Hall–Kier alpha value is -1.71. The number of carbonyl (C=O) groups excluding carboxylic acids is 1. The Labute approximate surface area is 114 Å². The quantitative estimate of drug-likeness (QED) is 0.657. The number of hydrogen-bond acceptors (Lipinski definition) is 4. The zero-order chi connectivity index (χ0) is 14.0. The van der Waals surface area contributed by atoms with E-state index in [0.717, 1.165) is 31.6 Å². The molecule has 104 valence electrons. The Bertz CT molecular complexity index is 473. The SMILES string of the molecule is COC(=O)c1cc(N)ccc1N1CCC(C)(C)CC1. The number of hydrogen-bond donors (Lipinski definition) is 1. The number of benzene rings is 1. The molecule has 1 heterocycles. The summed E-state index contributed by atoms with van der Waals surface area (Å²) < 4.78 is 4.84. The Kier molecular flexibility index (Phi) is 3.69. The summed E-state index contributed by atoms with van der Waals surface area (Å²) in [6.07, 6.45) is 2.25. The van der Waals surface area contributed by atoms with Crippen LogP contribution in [0.25, 0.3) is 0 Å². The molecule has 0 spiro atoms. The van der Waals surface area contributed by atoms with Crippen LogP contribution in [0.15, 0.2) is 18.2 Å².